The summed E-state index contributed by atoms with van der Waals surface area (Å²) in [7, 11) is 0. The summed E-state index contributed by atoms with van der Waals surface area (Å²) in [5, 5.41) is 7.86. The lowest BCUT2D eigenvalue weighted by Crippen LogP contribution is -2.02. The van der Waals surface area contributed by atoms with Crippen LogP contribution in [0.1, 0.15) is 11.4 Å². The molecule has 0 fully saturated rings. The molecule has 0 unspecified atom stereocenters. The fourth-order valence-electron chi connectivity index (χ4n) is 2.05. The first kappa shape index (κ1) is 12.9. The normalized spacial score (nSPS) is 11.2. The van der Waals surface area contributed by atoms with Crippen molar-refractivity contribution >= 4 is 17.2 Å². The highest BCUT2D eigenvalue weighted by Gasteiger charge is 2.20. The van der Waals surface area contributed by atoms with Crippen molar-refractivity contribution in [1.82, 2.24) is 19.6 Å². The molecule has 20 heavy (non-hydrogen) atoms. The Balaban J connectivity index is 2.45. The number of nitrogens with zero attached hydrogens (tertiary/aromatic N) is 4. The van der Waals surface area contributed by atoms with Crippen LogP contribution >= 0.6 is 11.6 Å². The molecule has 0 N–H and O–H groups in total. The highest BCUT2D eigenvalue weighted by molar-refractivity contribution is 6.32. The number of fused-ring (bicyclic) bond motifs is 1. The van der Waals surface area contributed by atoms with Gasteiger partial charge in [0.1, 0.15) is 11.6 Å². The molecule has 102 valence electrons. The maximum Gasteiger partial charge on any atom is 0.199 e. The molecule has 3 rings (SSSR count). The van der Waals surface area contributed by atoms with Gasteiger partial charge in [-0.25, -0.2) is 13.8 Å². The molecule has 0 aliphatic carbocycles. The predicted octanol–water partition coefficient (Wildman–Crippen LogP) is 3.34. The van der Waals surface area contributed by atoms with Crippen LogP contribution in [0.5, 0.6) is 0 Å². The van der Waals surface area contributed by atoms with E-state index in [1.54, 1.807) is 13.8 Å². The fraction of sp³-hybridized carbons (Fsp3) is 0.154. The first-order valence-corrected chi connectivity index (χ1v) is 6.20. The van der Waals surface area contributed by atoms with Gasteiger partial charge >= 0.3 is 0 Å². The minimum atomic E-state index is -0.704. The van der Waals surface area contributed by atoms with Crippen LogP contribution < -0.4 is 0 Å². The Morgan fingerprint density at radius 2 is 1.75 bits per heavy atom. The molecular weight excluding hydrogens is 286 g/mol. The second kappa shape index (κ2) is 4.49. The van der Waals surface area contributed by atoms with E-state index in [1.165, 1.54) is 22.6 Å². The number of rotatable bonds is 1. The summed E-state index contributed by atoms with van der Waals surface area (Å²) in [4.78, 5) is 4.11. The van der Waals surface area contributed by atoms with E-state index < -0.39 is 11.6 Å². The van der Waals surface area contributed by atoms with E-state index >= 15 is 0 Å². The summed E-state index contributed by atoms with van der Waals surface area (Å²) in [5.41, 5.74) is 1.35. The maximum absolute atomic E-state index is 13.9. The molecule has 0 amide bonds. The zero-order chi connectivity index (χ0) is 14.4. The van der Waals surface area contributed by atoms with Crippen LogP contribution in [0.2, 0.25) is 5.15 Å². The number of halogens is 3. The molecule has 0 spiro atoms. The van der Waals surface area contributed by atoms with Gasteiger partial charge in [-0.3, -0.25) is 4.40 Å². The summed E-state index contributed by atoms with van der Waals surface area (Å²) in [6, 6.07) is 3.64. The summed E-state index contributed by atoms with van der Waals surface area (Å²) in [6.07, 6.45) is 0. The maximum atomic E-state index is 13.9. The molecule has 0 radical (unpaired) electrons. The van der Waals surface area contributed by atoms with Gasteiger partial charge < -0.3 is 0 Å². The van der Waals surface area contributed by atoms with Crippen molar-refractivity contribution in [3.63, 3.8) is 0 Å². The molecule has 0 saturated carbocycles. The van der Waals surface area contributed by atoms with Gasteiger partial charge in [-0.1, -0.05) is 17.7 Å². The molecule has 0 saturated heterocycles. The lowest BCUT2D eigenvalue weighted by Gasteiger charge is -2.08. The molecule has 3 aromatic rings. The summed E-state index contributed by atoms with van der Waals surface area (Å²) in [5.74, 6) is -1.34. The SMILES string of the molecule is Cc1nc(Cl)c2nnc(-c3c(F)cccc3F)n2c1C. The average molecular weight is 295 g/mol. The lowest BCUT2D eigenvalue weighted by atomic mass is 10.2. The van der Waals surface area contributed by atoms with Crippen molar-refractivity contribution in [2.75, 3.05) is 0 Å². The average Bonchev–Trinajstić information content (AvgIpc) is 2.81. The van der Waals surface area contributed by atoms with Crippen LogP contribution in [0.25, 0.3) is 17.0 Å². The highest BCUT2D eigenvalue weighted by Crippen LogP contribution is 2.28. The van der Waals surface area contributed by atoms with Crippen LogP contribution in [0, 0.1) is 25.5 Å². The van der Waals surface area contributed by atoms with Gasteiger partial charge in [0.05, 0.1) is 11.3 Å². The van der Waals surface area contributed by atoms with Gasteiger partial charge in [0.25, 0.3) is 0 Å². The van der Waals surface area contributed by atoms with E-state index in [-0.39, 0.29) is 22.2 Å². The minimum Gasteiger partial charge on any atom is -0.275 e. The van der Waals surface area contributed by atoms with Crippen molar-refractivity contribution in [3.8, 4) is 11.4 Å². The molecule has 0 aliphatic heterocycles. The van der Waals surface area contributed by atoms with E-state index in [2.05, 4.69) is 15.2 Å². The molecular formula is C13H9ClF2N4. The predicted molar refractivity (Wildman–Crippen MR) is 70.6 cm³/mol. The molecule has 2 aromatic heterocycles. The third-order valence-corrected chi connectivity index (χ3v) is 3.41. The molecule has 2 heterocycles. The second-order valence-electron chi connectivity index (χ2n) is 4.35. The smallest absolute Gasteiger partial charge is 0.199 e. The Morgan fingerprint density at radius 1 is 1.10 bits per heavy atom. The molecule has 0 atom stereocenters. The van der Waals surface area contributed by atoms with Crippen molar-refractivity contribution in [2.45, 2.75) is 13.8 Å². The van der Waals surface area contributed by atoms with Crippen molar-refractivity contribution in [2.24, 2.45) is 0 Å². The van der Waals surface area contributed by atoms with Gasteiger partial charge in [-0.05, 0) is 26.0 Å². The summed E-state index contributed by atoms with van der Waals surface area (Å²) < 4.78 is 29.3. The molecule has 1 aromatic carbocycles. The van der Waals surface area contributed by atoms with Crippen LogP contribution in [-0.4, -0.2) is 19.6 Å². The van der Waals surface area contributed by atoms with E-state index in [1.807, 2.05) is 0 Å². The molecule has 7 heteroatoms. The number of aromatic nitrogens is 4. The van der Waals surface area contributed by atoms with Crippen LogP contribution in [0.3, 0.4) is 0 Å². The third-order valence-electron chi connectivity index (χ3n) is 3.16. The second-order valence-corrected chi connectivity index (χ2v) is 4.71. The number of hydrogen-bond donors (Lipinski definition) is 0. The summed E-state index contributed by atoms with van der Waals surface area (Å²) >= 11 is 5.99. The van der Waals surface area contributed by atoms with Crippen molar-refractivity contribution < 1.29 is 8.78 Å². The third kappa shape index (κ3) is 1.76. The van der Waals surface area contributed by atoms with Gasteiger partial charge in [-0.15, -0.1) is 10.2 Å². The Kier molecular flexibility index (Phi) is 2.90. The van der Waals surface area contributed by atoms with Gasteiger partial charge in [0, 0.05) is 5.69 Å². The van der Waals surface area contributed by atoms with E-state index in [0.29, 0.717) is 11.4 Å². The number of benzene rings is 1. The summed E-state index contributed by atoms with van der Waals surface area (Å²) in [6.45, 7) is 3.51. The molecule has 4 nitrogen and oxygen atoms in total. The van der Waals surface area contributed by atoms with Crippen molar-refractivity contribution in [3.05, 3.63) is 46.4 Å². The first-order valence-electron chi connectivity index (χ1n) is 5.83. The van der Waals surface area contributed by atoms with Crippen LogP contribution in [0.4, 0.5) is 8.78 Å². The van der Waals surface area contributed by atoms with Gasteiger partial charge in [0.15, 0.2) is 16.6 Å². The minimum absolute atomic E-state index is 0.0699. The largest absolute Gasteiger partial charge is 0.275 e. The highest BCUT2D eigenvalue weighted by atomic mass is 35.5. The zero-order valence-corrected chi connectivity index (χ0v) is 11.4. The topological polar surface area (TPSA) is 43.1 Å². The Morgan fingerprint density at radius 3 is 2.40 bits per heavy atom. The zero-order valence-electron chi connectivity index (χ0n) is 10.7. The quantitative estimate of drug-likeness (QED) is 0.691. The van der Waals surface area contributed by atoms with Crippen LogP contribution in [-0.2, 0) is 0 Å². The van der Waals surface area contributed by atoms with E-state index in [0.717, 1.165) is 0 Å². The van der Waals surface area contributed by atoms with Gasteiger partial charge in [0.2, 0.25) is 0 Å². The Bertz CT molecular complexity index is 809. The monoisotopic (exact) mass is 294 g/mol. The van der Waals surface area contributed by atoms with E-state index in [9.17, 15) is 8.78 Å². The lowest BCUT2D eigenvalue weighted by molar-refractivity contribution is 0.587. The molecule has 0 bridgehead atoms. The Labute approximate surface area is 118 Å². The first-order chi connectivity index (χ1) is 9.50. The molecule has 0 aliphatic rings. The van der Waals surface area contributed by atoms with Crippen LogP contribution in [0.15, 0.2) is 18.2 Å². The Hall–Kier alpha value is -2.08. The number of hydrogen-bond acceptors (Lipinski definition) is 3. The fourth-order valence-corrected chi connectivity index (χ4v) is 2.30. The van der Waals surface area contributed by atoms with Gasteiger partial charge in [-0.2, -0.15) is 0 Å². The van der Waals surface area contributed by atoms with E-state index in [4.69, 9.17) is 11.6 Å². The standard InChI is InChI=1S/C13H9ClF2N4/c1-6-7(2)20-12(18-19-13(20)11(14)17-6)10-8(15)4-3-5-9(10)16/h3-5H,1-2H3. The van der Waals surface area contributed by atoms with Crippen molar-refractivity contribution in [1.29, 1.82) is 0 Å². The number of aryl methyl sites for hydroxylation is 2.